The molecule has 1 aliphatic heterocycles. The molecule has 1 unspecified atom stereocenters. The lowest BCUT2D eigenvalue weighted by molar-refractivity contribution is 0.205. The third-order valence-electron chi connectivity index (χ3n) is 5.55. The van der Waals surface area contributed by atoms with Crippen LogP contribution in [0.3, 0.4) is 0 Å². The normalized spacial score (nSPS) is 16.1. The smallest absolute Gasteiger partial charge is 0.322 e. The van der Waals surface area contributed by atoms with Crippen molar-refractivity contribution in [3.05, 3.63) is 65.7 Å². The van der Waals surface area contributed by atoms with Gasteiger partial charge in [0, 0.05) is 17.8 Å². The fraction of sp³-hybridized carbons (Fsp3) is 0.320. The van der Waals surface area contributed by atoms with E-state index in [-0.39, 0.29) is 6.03 Å². The van der Waals surface area contributed by atoms with E-state index in [0.717, 1.165) is 34.6 Å². The standard InChI is InChI=1S/C25H28N4O4/c1-5-14-29-16(3)21(22(26-25(29)30)18-8-7-9-20(15-18)31-4)24-27-23(28-33-24)17-10-12-19(13-11-17)32-6-2/h7-13,15,22H,5-6,14H2,1-4H3,(H,26,30). The number of rotatable bonds is 8. The van der Waals surface area contributed by atoms with Gasteiger partial charge in [-0.15, -0.1) is 0 Å². The van der Waals surface area contributed by atoms with E-state index < -0.39 is 6.04 Å². The minimum Gasteiger partial charge on any atom is -0.497 e. The summed E-state index contributed by atoms with van der Waals surface area (Å²) >= 11 is 0. The lowest BCUT2D eigenvalue weighted by Gasteiger charge is -2.35. The largest absolute Gasteiger partial charge is 0.497 e. The Labute approximate surface area is 193 Å². The molecule has 2 heterocycles. The number of benzene rings is 2. The molecule has 0 spiro atoms. The van der Waals surface area contributed by atoms with Crippen molar-refractivity contribution in [2.24, 2.45) is 0 Å². The van der Waals surface area contributed by atoms with Gasteiger partial charge in [-0.25, -0.2) is 4.79 Å². The number of urea groups is 1. The van der Waals surface area contributed by atoms with E-state index in [2.05, 4.69) is 15.5 Å². The highest BCUT2D eigenvalue weighted by Crippen LogP contribution is 2.38. The number of aromatic nitrogens is 2. The minimum absolute atomic E-state index is 0.155. The van der Waals surface area contributed by atoms with Gasteiger partial charge in [0.1, 0.15) is 11.5 Å². The molecule has 2 amide bonds. The molecule has 0 saturated heterocycles. The fourth-order valence-electron chi connectivity index (χ4n) is 3.94. The first kappa shape index (κ1) is 22.4. The number of hydrogen-bond donors (Lipinski definition) is 1. The second-order valence-corrected chi connectivity index (χ2v) is 7.69. The second-order valence-electron chi connectivity index (χ2n) is 7.69. The molecule has 8 nitrogen and oxygen atoms in total. The van der Waals surface area contributed by atoms with E-state index in [0.29, 0.717) is 30.6 Å². The molecule has 0 aliphatic carbocycles. The molecule has 0 radical (unpaired) electrons. The van der Waals surface area contributed by atoms with E-state index >= 15 is 0 Å². The molecular formula is C25H28N4O4. The Hall–Kier alpha value is -3.81. The van der Waals surface area contributed by atoms with Gasteiger partial charge in [-0.05, 0) is 62.2 Å². The van der Waals surface area contributed by atoms with Crippen LogP contribution in [0.4, 0.5) is 4.79 Å². The lowest BCUT2D eigenvalue weighted by atomic mass is 9.94. The number of carbonyl (C=O) groups excluding carboxylic acids is 1. The number of allylic oxidation sites excluding steroid dienone is 1. The molecule has 1 atom stereocenters. The van der Waals surface area contributed by atoms with Crippen LogP contribution in [0, 0.1) is 0 Å². The van der Waals surface area contributed by atoms with Gasteiger partial charge in [0.2, 0.25) is 5.82 Å². The topological polar surface area (TPSA) is 89.7 Å². The Morgan fingerprint density at radius 1 is 1.12 bits per heavy atom. The molecule has 0 saturated carbocycles. The van der Waals surface area contributed by atoms with Gasteiger partial charge in [0.15, 0.2) is 0 Å². The number of methoxy groups -OCH3 is 1. The van der Waals surface area contributed by atoms with Crippen LogP contribution in [0.2, 0.25) is 0 Å². The Morgan fingerprint density at radius 3 is 2.61 bits per heavy atom. The highest BCUT2D eigenvalue weighted by molar-refractivity contribution is 5.87. The average molecular weight is 449 g/mol. The Kier molecular flexibility index (Phi) is 6.63. The van der Waals surface area contributed by atoms with Crippen LogP contribution in [0.1, 0.15) is 44.7 Å². The molecule has 172 valence electrons. The van der Waals surface area contributed by atoms with Crippen molar-refractivity contribution < 1.29 is 18.8 Å². The van der Waals surface area contributed by atoms with Crippen molar-refractivity contribution in [1.29, 1.82) is 0 Å². The van der Waals surface area contributed by atoms with E-state index in [1.165, 1.54) is 0 Å². The third-order valence-corrected chi connectivity index (χ3v) is 5.55. The summed E-state index contributed by atoms with van der Waals surface area (Å²) in [6.45, 7) is 7.08. The monoisotopic (exact) mass is 448 g/mol. The summed E-state index contributed by atoms with van der Waals surface area (Å²) < 4.78 is 16.6. The zero-order valence-corrected chi connectivity index (χ0v) is 19.3. The first-order chi connectivity index (χ1) is 16.0. The van der Waals surface area contributed by atoms with Crippen molar-refractivity contribution in [3.63, 3.8) is 0 Å². The molecule has 1 aromatic heterocycles. The number of ether oxygens (including phenoxy) is 2. The molecule has 0 fully saturated rings. The van der Waals surface area contributed by atoms with Gasteiger partial charge < -0.3 is 19.3 Å². The zero-order valence-electron chi connectivity index (χ0n) is 19.3. The van der Waals surface area contributed by atoms with Crippen LogP contribution in [0.15, 0.2) is 58.8 Å². The van der Waals surface area contributed by atoms with Crippen molar-refractivity contribution in [1.82, 2.24) is 20.4 Å². The first-order valence-corrected chi connectivity index (χ1v) is 11.1. The average Bonchev–Trinajstić information content (AvgIpc) is 3.32. The van der Waals surface area contributed by atoms with Crippen LogP contribution in [-0.2, 0) is 0 Å². The number of carbonyl (C=O) groups is 1. The van der Waals surface area contributed by atoms with Crippen LogP contribution in [0.25, 0.3) is 17.0 Å². The van der Waals surface area contributed by atoms with Gasteiger partial charge in [-0.1, -0.05) is 24.2 Å². The summed E-state index contributed by atoms with van der Waals surface area (Å²) in [4.78, 5) is 19.3. The van der Waals surface area contributed by atoms with Crippen LogP contribution in [0.5, 0.6) is 11.5 Å². The lowest BCUT2D eigenvalue weighted by Crippen LogP contribution is -2.46. The van der Waals surface area contributed by atoms with Gasteiger partial charge in [0.25, 0.3) is 5.89 Å². The summed E-state index contributed by atoms with van der Waals surface area (Å²) in [7, 11) is 1.62. The van der Waals surface area contributed by atoms with Crippen molar-refractivity contribution in [3.8, 4) is 22.9 Å². The molecule has 1 N–H and O–H groups in total. The molecule has 3 aromatic rings. The maximum atomic E-state index is 12.9. The van der Waals surface area contributed by atoms with Gasteiger partial charge in [-0.2, -0.15) is 4.98 Å². The molecule has 0 bridgehead atoms. The fourth-order valence-corrected chi connectivity index (χ4v) is 3.94. The van der Waals surface area contributed by atoms with Crippen LogP contribution < -0.4 is 14.8 Å². The first-order valence-electron chi connectivity index (χ1n) is 11.1. The summed E-state index contributed by atoms with van der Waals surface area (Å²) in [5.74, 6) is 2.32. The SMILES string of the molecule is CCCN1C(=O)NC(c2cccc(OC)c2)C(c2nc(-c3ccc(OCC)cc3)no2)=C1C. The van der Waals surface area contributed by atoms with Crippen molar-refractivity contribution in [2.45, 2.75) is 33.2 Å². The number of nitrogens with zero attached hydrogens (tertiary/aromatic N) is 3. The number of amides is 2. The van der Waals surface area contributed by atoms with Gasteiger partial charge >= 0.3 is 6.03 Å². The second kappa shape index (κ2) is 9.77. The molecule has 1 aliphatic rings. The summed E-state index contributed by atoms with van der Waals surface area (Å²) in [5.41, 5.74) is 3.24. The number of nitrogens with one attached hydrogen (secondary N) is 1. The van der Waals surface area contributed by atoms with Gasteiger partial charge in [0.05, 0.1) is 25.3 Å². The minimum atomic E-state index is -0.450. The predicted molar refractivity (Wildman–Crippen MR) is 125 cm³/mol. The zero-order chi connectivity index (χ0) is 23.4. The summed E-state index contributed by atoms with van der Waals surface area (Å²) in [6.07, 6.45) is 0.823. The van der Waals surface area contributed by atoms with Crippen molar-refractivity contribution >= 4 is 11.6 Å². The molecule has 2 aromatic carbocycles. The highest BCUT2D eigenvalue weighted by atomic mass is 16.5. The summed E-state index contributed by atoms with van der Waals surface area (Å²) in [5, 5.41) is 7.30. The van der Waals surface area contributed by atoms with Crippen molar-refractivity contribution in [2.75, 3.05) is 20.3 Å². The maximum Gasteiger partial charge on any atom is 0.322 e. The Bertz CT molecular complexity index is 1150. The van der Waals surface area contributed by atoms with E-state index in [1.807, 2.05) is 69.3 Å². The maximum absolute atomic E-state index is 12.9. The van der Waals surface area contributed by atoms with E-state index in [9.17, 15) is 4.79 Å². The van der Waals surface area contributed by atoms with Crippen LogP contribution >= 0.6 is 0 Å². The molecule has 4 rings (SSSR count). The quantitative estimate of drug-likeness (QED) is 0.519. The molecular weight excluding hydrogens is 420 g/mol. The summed E-state index contributed by atoms with van der Waals surface area (Å²) in [6, 6.07) is 14.5. The number of hydrogen-bond acceptors (Lipinski definition) is 6. The Morgan fingerprint density at radius 2 is 1.91 bits per heavy atom. The highest BCUT2D eigenvalue weighted by Gasteiger charge is 2.35. The third kappa shape index (κ3) is 4.55. The van der Waals surface area contributed by atoms with Crippen LogP contribution in [-0.4, -0.2) is 41.3 Å². The predicted octanol–water partition coefficient (Wildman–Crippen LogP) is 5.05. The van der Waals surface area contributed by atoms with E-state index in [1.54, 1.807) is 12.0 Å². The van der Waals surface area contributed by atoms with Gasteiger partial charge in [-0.3, -0.25) is 4.90 Å². The molecule has 8 heteroatoms. The Balaban J connectivity index is 1.76. The molecule has 33 heavy (non-hydrogen) atoms. The van der Waals surface area contributed by atoms with E-state index in [4.69, 9.17) is 14.0 Å².